The second-order valence-electron chi connectivity index (χ2n) is 6.41. The van der Waals surface area contributed by atoms with Crippen LogP contribution >= 0.6 is 0 Å². The lowest BCUT2D eigenvalue weighted by atomic mass is 10.0. The molecule has 0 aliphatic carbocycles. The molecule has 1 aromatic rings. The first-order valence-electron chi connectivity index (χ1n) is 7.37. The van der Waals surface area contributed by atoms with E-state index in [9.17, 15) is 4.79 Å². The number of aliphatic carboxylic acids is 1. The van der Waals surface area contributed by atoms with E-state index in [4.69, 9.17) is 5.11 Å². The minimum atomic E-state index is -0.919. The van der Waals surface area contributed by atoms with Gasteiger partial charge in [0, 0.05) is 43.5 Å². The van der Waals surface area contributed by atoms with Gasteiger partial charge >= 0.3 is 5.97 Å². The fourth-order valence-corrected chi connectivity index (χ4v) is 2.60. The molecule has 2 rings (SSSR count). The molecule has 0 atom stereocenters. The third-order valence-corrected chi connectivity index (χ3v) is 3.90. The Morgan fingerprint density at radius 3 is 2.14 bits per heavy atom. The molecule has 0 bridgehead atoms. The summed E-state index contributed by atoms with van der Waals surface area (Å²) in [4.78, 5) is 15.4. The number of carbonyl (C=O) groups is 1. The Bertz CT molecular complexity index is 507. The van der Waals surface area contributed by atoms with Crippen LogP contribution in [0.3, 0.4) is 0 Å². The average molecular weight is 288 g/mol. The normalized spacial score (nSPS) is 17.4. The SMILES string of the molecule is CC(C)(C)N1CCN(c2ccc(C=CC(=O)O)cc2)CC1. The molecule has 4 heteroatoms. The number of carboxylic acids is 1. The smallest absolute Gasteiger partial charge is 0.328 e. The zero-order valence-corrected chi connectivity index (χ0v) is 13.0. The fraction of sp³-hybridized carbons (Fsp3) is 0.471. The predicted molar refractivity (Wildman–Crippen MR) is 86.7 cm³/mol. The van der Waals surface area contributed by atoms with Crippen LogP contribution in [-0.4, -0.2) is 47.7 Å². The molecule has 1 N–H and O–H groups in total. The Morgan fingerprint density at radius 1 is 1.10 bits per heavy atom. The quantitative estimate of drug-likeness (QED) is 0.869. The maximum absolute atomic E-state index is 10.5. The topological polar surface area (TPSA) is 43.8 Å². The molecular formula is C17H24N2O2. The summed E-state index contributed by atoms with van der Waals surface area (Å²) in [6, 6.07) is 8.05. The first-order chi connectivity index (χ1) is 9.86. The molecule has 1 heterocycles. The van der Waals surface area contributed by atoms with Crippen LogP contribution in [0.15, 0.2) is 30.3 Å². The Balaban J connectivity index is 1.96. The lowest BCUT2D eigenvalue weighted by molar-refractivity contribution is -0.131. The number of rotatable bonds is 3. The largest absolute Gasteiger partial charge is 0.478 e. The first-order valence-corrected chi connectivity index (χ1v) is 7.37. The number of nitrogens with zero attached hydrogens (tertiary/aromatic N) is 2. The Morgan fingerprint density at radius 2 is 1.67 bits per heavy atom. The minimum Gasteiger partial charge on any atom is -0.478 e. The van der Waals surface area contributed by atoms with Crippen LogP contribution < -0.4 is 4.90 Å². The zero-order chi connectivity index (χ0) is 15.5. The van der Waals surface area contributed by atoms with Crippen molar-refractivity contribution in [3.05, 3.63) is 35.9 Å². The molecule has 0 aromatic heterocycles. The summed E-state index contributed by atoms with van der Waals surface area (Å²) < 4.78 is 0. The molecule has 0 spiro atoms. The predicted octanol–water partition coefficient (Wildman–Crippen LogP) is 2.70. The summed E-state index contributed by atoms with van der Waals surface area (Å²) in [5, 5.41) is 8.62. The molecule has 4 nitrogen and oxygen atoms in total. The molecular weight excluding hydrogens is 264 g/mol. The molecule has 1 aliphatic rings. The third-order valence-electron chi connectivity index (χ3n) is 3.90. The second-order valence-corrected chi connectivity index (χ2v) is 6.41. The third kappa shape index (κ3) is 4.33. The fourth-order valence-electron chi connectivity index (χ4n) is 2.60. The maximum atomic E-state index is 10.5. The maximum Gasteiger partial charge on any atom is 0.328 e. The van der Waals surface area contributed by atoms with Gasteiger partial charge in [-0.25, -0.2) is 4.79 Å². The lowest BCUT2D eigenvalue weighted by Crippen LogP contribution is -2.53. The van der Waals surface area contributed by atoms with E-state index in [1.165, 1.54) is 5.69 Å². The van der Waals surface area contributed by atoms with Gasteiger partial charge in [-0.1, -0.05) is 12.1 Å². The van der Waals surface area contributed by atoms with Gasteiger partial charge in [-0.15, -0.1) is 0 Å². The number of carboxylic acid groups (broad SMARTS) is 1. The number of benzene rings is 1. The highest BCUT2D eigenvalue weighted by Crippen LogP contribution is 2.21. The first kappa shape index (κ1) is 15.6. The van der Waals surface area contributed by atoms with Crippen molar-refractivity contribution in [1.82, 2.24) is 4.90 Å². The van der Waals surface area contributed by atoms with Crippen LogP contribution in [0.25, 0.3) is 6.08 Å². The van der Waals surface area contributed by atoms with Gasteiger partial charge in [-0.3, -0.25) is 4.90 Å². The van der Waals surface area contributed by atoms with Gasteiger partial charge in [0.1, 0.15) is 0 Å². The van der Waals surface area contributed by atoms with Gasteiger partial charge < -0.3 is 10.0 Å². The number of anilines is 1. The molecule has 1 aliphatic heterocycles. The van der Waals surface area contributed by atoms with Crippen LogP contribution in [0.5, 0.6) is 0 Å². The van der Waals surface area contributed by atoms with E-state index in [2.05, 4.69) is 42.7 Å². The van der Waals surface area contributed by atoms with Gasteiger partial charge in [0.05, 0.1) is 0 Å². The van der Waals surface area contributed by atoms with Gasteiger partial charge in [0.2, 0.25) is 0 Å². The molecule has 21 heavy (non-hydrogen) atoms. The summed E-state index contributed by atoms with van der Waals surface area (Å²) in [5.74, 6) is -0.919. The van der Waals surface area contributed by atoms with Crippen LogP contribution in [0.2, 0.25) is 0 Å². The summed E-state index contributed by atoms with van der Waals surface area (Å²) in [7, 11) is 0. The highest BCUT2D eigenvalue weighted by atomic mass is 16.4. The summed E-state index contributed by atoms with van der Waals surface area (Å²) in [6.07, 6.45) is 2.78. The monoisotopic (exact) mass is 288 g/mol. The van der Waals surface area contributed by atoms with Crippen molar-refractivity contribution in [2.24, 2.45) is 0 Å². The van der Waals surface area contributed by atoms with Crippen molar-refractivity contribution >= 4 is 17.7 Å². The van der Waals surface area contributed by atoms with Crippen LogP contribution in [0.4, 0.5) is 5.69 Å². The highest BCUT2D eigenvalue weighted by Gasteiger charge is 2.25. The molecule has 114 valence electrons. The minimum absolute atomic E-state index is 0.234. The number of piperazine rings is 1. The average Bonchev–Trinajstić information content (AvgIpc) is 2.45. The Hall–Kier alpha value is -1.81. The molecule has 1 aromatic carbocycles. The Kier molecular flexibility index (Phi) is 4.68. The molecule has 1 fully saturated rings. The highest BCUT2D eigenvalue weighted by molar-refractivity contribution is 5.85. The van der Waals surface area contributed by atoms with Gasteiger partial charge in [0.15, 0.2) is 0 Å². The molecule has 0 amide bonds. The van der Waals surface area contributed by atoms with E-state index >= 15 is 0 Å². The van der Waals surface area contributed by atoms with Crippen LogP contribution in [0.1, 0.15) is 26.3 Å². The van der Waals surface area contributed by atoms with Gasteiger partial charge in [-0.05, 0) is 44.5 Å². The van der Waals surface area contributed by atoms with Crippen molar-refractivity contribution < 1.29 is 9.90 Å². The molecule has 0 saturated carbocycles. The van der Waals surface area contributed by atoms with E-state index in [-0.39, 0.29) is 5.54 Å². The lowest BCUT2D eigenvalue weighted by Gasteiger charge is -2.43. The second kappa shape index (κ2) is 6.31. The molecule has 1 saturated heterocycles. The summed E-state index contributed by atoms with van der Waals surface area (Å²) in [5.41, 5.74) is 2.35. The Labute approximate surface area is 126 Å². The number of hydrogen-bond acceptors (Lipinski definition) is 3. The molecule has 0 unspecified atom stereocenters. The molecule has 0 radical (unpaired) electrons. The van der Waals surface area contributed by atoms with Crippen LogP contribution in [-0.2, 0) is 4.79 Å². The zero-order valence-electron chi connectivity index (χ0n) is 13.0. The van der Waals surface area contributed by atoms with E-state index in [0.717, 1.165) is 37.8 Å². The van der Waals surface area contributed by atoms with Gasteiger partial charge in [-0.2, -0.15) is 0 Å². The van der Waals surface area contributed by atoms with Crippen molar-refractivity contribution in [3.8, 4) is 0 Å². The van der Waals surface area contributed by atoms with E-state index in [0.29, 0.717) is 0 Å². The van der Waals surface area contributed by atoms with Gasteiger partial charge in [0.25, 0.3) is 0 Å². The van der Waals surface area contributed by atoms with E-state index in [1.807, 2.05) is 12.1 Å². The summed E-state index contributed by atoms with van der Waals surface area (Å²) in [6.45, 7) is 11.0. The van der Waals surface area contributed by atoms with Crippen molar-refractivity contribution in [2.45, 2.75) is 26.3 Å². The number of hydrogen-bond donors (Lipinski definition) is 1. The summed E-state index contributed by atoms with van der Waals surface area (Å²) >= 11 is 0. The van der Waals surface area contributed by atoms with Crippen LogP contribution in [0, 0.1) is 0 Å². The van der Waals surface area contributed by atoms with Crippen molar-refractivity contribution in [1.29, 1.82) is 0 Å². The van der Waals surface area contributed by atoms with Crippen molar-refractivity contribution in [2.75, 3.05) is 31.1 Å². The standard InChI is InChI=1S/C17H24N2O2/c1-17(2,3)19-12-10-18(11-13-19)15-7-4-14(5-8-15)6-9-16(20)21/h4-9H,10-13H2,1-3H3,(H,20,21). The van der Waals surface area contributed by atoms with Crippen molar-refractivity contribution in [3.63, 3.8) is 0 Å². The van der Waals surface area contributed by atoms with E-state index in [1.54, 1.807) is 6.08 Å². The van der Waals surface area contributed by atoms with E-state index < -0.39 is 5.97 Å².